The van der Waals surface area contributed by atoms with E-state index in [4.69, 9.17) is 5.73 Å². The monoisotopic (exact) mass is 310 g/mol. The molecule has 0 atom stereocenters. The minimum absolute atomic E-state index is 0.179. The maximum absolute atomic E-state index is 12.3. The standard InChI is InChI=1S/C16H26N2O2S/c1-18(13-15-4-2-3-5-15)10-11-21(19,20)16-8-6-14(12-17)7-9-16/h6-9,15H,2-5,10-13,17H2,1H3. The number of sulfone groups is 1. The van der Waals surface area contributed by atoms with Gasteiger partial charge in [-0.15, -0.1) is 0 Å². The van der Waals surface area contributed by atoms with Crippen LogP contribution >= 0.6 is 0 Å². The van der Waals surface area contributed by atoms with Crippen molar-refractivity contribution in [3.8, 4) is 0 Å². The van der Waals surface area contributed by atoms with E-state index in [-0.39, 0.29) is 5.75 Å². The highest BCUT2D eigenvalue weighted by Gasteiger charge is 2.19. The third-order valence-electron chi connectivity index (χ3n) is 4.30. The summed E-state index contributed by atoms with van der Waals surface area (Å²) in [6.07, 6.45) is 5.23. The molecule has 2 rings (SSSR count). The van der Waals surface area contributed by atoms with E-state index in [1.54, 1.807) is 24.3 Å². The Morgan fingerprint density at radius 1 is 1.19 bits per heavy atom. The number of benzene rings is 1. The molecule has 4 nitrogen and oxygen atoms in total. The van der Waals surface area contributed by atoms with Crippen molar-refractivity contribution in [1.29, 1.82) is 0 Å². The third-order valence-corrected chi connectivity index (χ3v) is 6.01. The lowest BCUT2D eigenvalue weighted by molar-refractivity contribution is 0.291. The molecule has 1 aromatic rings. The van der Waals surface area contributed by atoms with E-state index in [0.717, 1.165) is 18.0 Å². The molecular weight excluding hydrogens is 284 g/mol. The fraction of sp³-hybridized carbons (Fsp3) is 0.625. The summed E-state index contributed by atoms with van der Waals surface area (Å²) >= 11 is 0. The summed E-state index contributed by atoms with van der Waals surface area (Å²) in [5.41, 5.74) is 6.48. The molecule has 2 N–H and O–H groups in total. The van der Waals surface area contributed by atoms with Gasteiger partial charge in [0.1, 0.15) is 0 Å². The van der Waals surface area contributed by atoms with Crippen molar-refractivity contribution in [2.45, 2.75) is 37.1 Å². The van der Waals surface area contributed by atoms with Gasteiger partial charge in [-0.25, -0.2) is 8.42 Å². The second kappa shape index (κ2) is 7.38. The van der Waals surface area contributed by atoms with Crippen molar-refractivity contribution >= 4 is 9.84 Å². The minimum atomic E-state index is -3.20. The van der Waals surface area contributed by atoms with E-state index in [1.807, 2.05) is 7.05 Å². The highest BCUT2D eigenvalue weighted by Crippen LogP contribution is 2.25. The zero-order chi connectivity index (χ0) is 15.3. The summed E-state index contributed by atoms with van der Waals surface area (Å²) in [6, 6.07) is 6.90. The number of hydrogen-bond donors (Lipinski definition) is 1. The smallest absolute Gasteiger partial charge is 0.179 e. The Morgan fingerprint density at radius 2 is 1.81 bits per heavy atom. The Labute approximate surface area is 128 Å². The van der Waals surface area contributed by atoms with Crippen LogP contribution in [0.1, 0.15) is 31.2 Å². The maximum atomic E-state index is 12.3. The average Bonchev–Trinajstić information content (AvgIpc) is 2.98. The minimum Gasteiger partial charge on any atom is -0.326 e. The fourth-order valence-electron chi connectivity index (χ4n) is 2.95. The van der Waals surface area contributed by atoms with E-state index in [1.165, 1.54) is 25.7 Å². The number of hydrogen-bond acceptors (Lipinski definition) is 4. The molecule has 0 amide bonds. The maximum Gasteiger partial charge on any atom is 0.179 e. The summed E-state index contributed by atoms with van der Waals surface area (Å²) < 4.78 is 24.6. The molecule has 0 saturated heterocycles. The molecule has 1 fully saturated rings. The molecule has 0 aliphatic heterocycles. The Bertz CT molecular complexity index is 534. The first-order valence-corrected chi connectivity index (χ1v) is 9.37. The van der Waals surface area contributed by atoms with Gasteiger partial charge in [-0.1, -0.05) is 25.0 Å². The molecule has 0 bridgehead atoms. The molecule has 0 unspecified atom stereocenters. The van der Waals surface area contributed by atoms with Gasteiger partial charge in [0.05, 0.1) is 10.6 Å². The summed E-state index contributed by atoms with van der Waals surface area (Å²) in [6.45, 7) is 2.05. The van der Waals surface area contributed by atoms with Crippen molar-refractivity contribution in [3.05, 3.63) is 29.8 Å². The predicted octanol–water partition coefficient (Wildman–Crippen LogP) is 2.04. The van der Waals surface area contributed by atoms with Gasteiger partial charge in [0.15, 0.2) is 9.84 Å². The van der Waals surface area contributed by atoms with Crippen LogP contribution in [0.2, 0.25) is 0 Å². The van der Waals surface area contributed by atoms with E-state index < -0.39 is 9.84 Å². The molecule has 1 aliphatic carbocycles. The van der Waals surface area contributed by atoms with Gasteiger partial charge in [-0.2, -0.15) is 0 Å². The number of nitrogens with zero attached hydrogens (tertiary/aromatic N) is 1. The molecule has 118 valence electrons. The zero-order valence-electron chi connectivity index (χ0n) is 12.8. The van der Waals surface area contributed by atoms with Gasteiger partial charge >= 0.3 is 0 Å². The van der Waals surface area contributed by atoms with Crippen LogP contribution in [0.15, 0.2) is 29.2 Å². The molecule has 0 spiro atoms. The van der Waals surface area contributed by atoms with Crippen molar-refractivity contribution in [2.75, 3.05) is 25.9 Å². The Balaban J connectivity index is 1.87. The Morgan fingerprint density at radius 3 is 2.38 bits per heavy atom. The van der Waals surface area contributed by atoms with Gasteiger partial charge in [-0.3, -0.25) is 0 Å². The average molecular weight is 310 g/mol. The number of nitrogens with two attached hydrogens (primary N) is 1. The molecular formula is C16H26N2O2S. The van der Waals surface area contributed by atoms with Crippen LogP contribution in [0.5, 0.6) is 0 Å². The van der Waals surface area contributed by atoms with Gasteiger partial charge in [0.2, 0.25) is 0 Å². The largest absolute Gasteiger partial charge is 0.326 e. The quantitative estimate of drug-likeness (QED) is 0.837. The van der Waals surface area contributed by atoms with Crippen molar-refractivity contribution in [3.63, 3.8) is 0 Å². The Kier molecular flexibility index (Phi) is 5.79. The van der Waals surface area contributed by atoms with E-state index >= 15 is 0 Å². The summed E-state index contributed by atoms with van der Waals surface area (Å²) in [7, 11) is -1.18. The zero-order valence-corrected chi connectivity index (χ0v) is 13.6. The van der Waals surface area contributed by atoms with Crippen LogP contribution in [0, 0.1) is 5.92 Å². The highest BCUT2D eigenvalue weighted by molar-refractivity contribution is 7.91. The van der Waals surface area contributed by atoms with Crippen LogP contribution in [0.4, 0.5) is 0 Å². The third kappa shape index (κ3) is 4.80. The first kappa shape index (κ1) is 16.5. The van der Waals surface area contributed by atoms with Gasteiger partial charge in [0.25, 0.3) is 0 Å². The normalized spacial score (nSPS) is 16.7. The topological polar surface area (TPSA) is 63.4 Å². The van der Waals surface area contributed by atoms with Crippen molar-refractivity contribution in [2.24, 2.45) is 11.7 Å². The molecule has 5 heteroatoms. The van der Waals surface area contributed by atoms with Gasteiger partial charge < -0.3 is 10.6 Å². The fourth-order valence-corrected chi connectivity index (χ4v) is 4.29. The van der Waals surface area contributed by atoms with Crippen LogP contribution in [-0.2, 0) is 16.4 Å². The van der Waals surface area contributed by atoms with Gasteiger partial charge in [0, 0.05) is 19.6 Å². The molecule has 0 heterocycles. The SMILES string of the molecule is CN(CCS(=O)(=O)c1ccc(CN)cc1)CC1CCCC1. The first-order valence-electron chi connectivity index (χ1n) is 7.71. The molecule has 0 radical (unpaired) electrons. The number of rotatable bonds is 7. The Hall–Kier alpha value is -0.910. The second-order valence-electron chi connectivity index (χ2n) is 6.08. The lowest BCUT2D eigenvalue weighted by Crippen LogP contribution is -2.29. The van der Waals surface area contributed by atoms with Crippen molar-refractivity contribution in [1.82, 2.24) is 4.90 Å². The second-order valence-corrected chi connectivity index (χ2v) is 8.19. The van der Waals surface area contributed by atoms with Crippen LogP contribution in [-0.4, -0.2) is 39.2 Å². The van der Waals surface area contributed by atoms with Crippen LogP contribution < -0.4 is 5.73 Å². The van der Waals surface area contributed by atoms with E-state index in [9.17, 15) is 8.42 Å². The van der Waals surface area contributed by atoms with Crippen molar-refractivity contribution < 1.29 is 8.42 Å². The molecule has 21 heavy (non-hydrogen) atoms. The lowest BCUT2D eigenvalue weighted by Gasteiger charge is -2.20. The first-order chi connectivity index (χ1) is 10.0. The van der Waals surface area contributed by atoms with E-state index in [0.29, 0.717) is 18.0 Å². The molecule has 1 aliphatic rings. The van der Waals surface area contributed by atoms with Gasteiger partial charge in [-0.05, 0) is 43.5 Å². The molecule has 1 saturated carbocycles. The highest BCUT2D eigenvalue weighted by atomic mass is 32.2. The van der Waals surface area contributed by atoms with Crippen LogP contribution in [0.3, 0.4) is 0 Å². The summed E-state index contributed by atoms with van der Waals surface area (Å²) in [5, 5.41) is 0. The lowest BCUT2D eigenvalue weighted by atomic mass is 10.1. The van der Waals surface area contributed by atoms with Crippen LogP contribution in [0.25, 0.3) is 0 Å². The summed E-state index contributed by atoms with van der Waals surface area (Å²) in [4.78, 5) is 2.55. The predicted molar refractivity (Wildman–Crippen MR) is 85.8 cm³/mol. The molecule has 0 aromatic heterocycles. The van der Waals surface area contributed by atoms with E-state index in [2.05, 4.69) is 4.90 Å². The summed E-state index contributed by atoms with van der Waals surface area (Å²) in [5.74, 6) is 0.930. The molecule has 1 aromatic carbocycles.